The Morgan fingerprint density at radius 2 is 2.21 bits per heavy atom. The Bertz CT molecular complexity index is 617. The molecule has 0 amide bonds. The predicted molar refractivity (Wildman–Crippen MR) is 73.7 cm³/mol. The van der Waals surface area contributed by atoms with Crippen LogP contribution in [0.15, 0.2) is 29.0 Å². The molecule has 2 aromatic heterocycles. The summed E-state index contributed by atoms with van der Waals surface area (Å²) >= 11 is 3.40. The molecule has 0 bridgehead atoms. The monoisotopic (exact) mass is 321 g/mol. The van der Waals surface area contributed by atoms with Crippen molar-refractivity contribution in [2.75, 3.05) is 6.61 Å². The van der Waals surface area contributed by atoms with Gasteiger partial charge in [-0.15, -0.1) is 0 Å². The molecule has 0 saturated heterocycles. The number of pyridine rings is 1. The largest absolute Gasteiger partial charge is 0.462 e. The van der Waals surface area contributed by atoms with Crippen molar-refractivity contribution in [3.05, 3.63) is 40.3 Å². The van der Waals surface area contributed by atoms with Crippen molar-refractivity contribution in [3.8, 4) is 11.5 Å². The van der Waals surface area contributed by atoms with Crippen molar-refractivity contribution in [2.45, 2.75) is 13.8 Å². The Hall–Kier alpha value is -1.82. The molecule has 0 spiro atoms. The Balaban J connectivity index is 2.39. The summed E-state index contributed by atoms with van der Waals surface area (Å²) in [7, 11) is 0. The van der Waals surface area contributed by atoms with E-state index in [1.807, 2.05) is 12.1 Å². The van der Waals surface area contributed by atoms with Gasteiger partial charge in [0.2, 0.25) is 0 Å². The van der Waals surface area contributed by atoms with E-state index in [0.29, 0.717) is 29.4 Å². The first-order valence-electron chi connectivity index (χ1n) is 5.75. The van der Waals surface area contributed by atoms with Crippen molar-refractivity contribution in [2.24, 2.45) is 0 Å². The normalized spacial score (nSPS) is 10.3. The minimum absolute atomic E-state index is 0.325. The van der Waals surface area contributed by atoms with Crippen molar-refractivity contribution < 1.29 is 9.53 Å². The average molecular weight is 322 g/mol. The lowest BCUT2D eigenvalue weighted by molar-refractivity contribution is 0.0524. The van der Waals surface area contributed by atoms with E-state index < -0.39 is 5.97 Å². The van der Waals surface area contributed by atoms with Crippen LogP contribution in [-0.2, 0) is 4.74 Å². The zero-order valence-corrected chi connectivity index (χ0v) is 12.1. The van der Waals surface area contributed by atoms with Crippen LogP contribution in [0.25, 0.3) is 11.5 Å². The van der Waals surface area contributed by atoms with E-state index in [1.165, 1.54) is 6.20 Å². The Labute approximate surface area is 119 Å². The third-order valence-corrected chi connectivity index (χ3v) is 3.08. The Morgan fingerprint density at radius 3 is 2.84 bits per heavy atom. The first kappa shape index (κ1) is 13.6. The molecular weight excluding hydrogens is 310 g/mol. The lowest BCUT2D eigenvalue weighted by Crippen LogP contribution is -2.09. The van der Waals surface area contributed by atoms with E-state index >= 15 is 0 Å². The standard InChI is InChI=1S/C13H12BrN3O2/c1-3-19-13(18)9-7-16-12(17-8(9)2)11-10(14)5-4-6-15-11/h4-7H,3H2,1-2H3. The van der Waals surface area contributed by atoms with Crippen LogP contribution in [0.2, 0.25) is 0 Å². The molecule has 2 rings (SSSR count). The molecule has 6 heteroatoms. The summed E-state index contributed by atoms with van der Waals surface area (Å²) in [5.74, 6) is 0.0599. The van der Waals surface area contributed by atoms with Gasteiger partial charge in [-0.1, -0.05) is 0 Å². The number of hydrogen-bond donors (Lipinski definition) is 0. The number of aromatic nitrogens is 3. The summed E-state index contributed by atoms with van der Waals surface area (Å²) in [6.45, 7) is 3.83. The molecule has 0 aliphatic heterocycles. The molecule has 2 aromatic rings. The van der Waals surface area contributed by atoms with Crippen LogP contribution in [0.4, 0.5) is 0 Å². The number of carbonyl (C=O) groups excluding carboxylic acids is 1. The fourth-order valence-corrected chi connectivity index (χ4v) is 1.97. The maximum Gasteiger partial charge on any atom is 0.341 e. The molecule has 0 fully saturated rings. The number of carbonyl (C=O) groups is 1. The van der Waals surface area contributed by atoms with Gasteiger partial charge in [-0.2, -0.15) is 0 Å². The maximum absolute atomic E-state index is 11.7. The van der Waals surface area contributed by atoms with E-state index in [-0.39, 0.29) is 0 Å². The Kier molecular flexibility index (Phi) is 4.21. The van der Waals surface area contributed by atoms with Crippen LogP contribution in [0.5, 0.6) is 0 Å². The second kappa shape index (κ2) is 5.88. The lowest BCUT2D eigenvalue weighted by atomic mass is 10.2. The first-order valence-corrected chi connectivity index (χ1v) is 6.54. The molecule has 0 aliphatic rings. The fourth-order valence-electron chi connectivity index (χ4n) is 1.54. The summed E-state index contributed by atoms with van der Waals surface area (Å²) in [5, 5.41) is 0. The van der Waals surface area contributed by atoms with Gasteiger partial charge in [0.05, 0.1) is 17.9 Å². The summed E-state index contributed by atoms with van der Waals surface area (Å²) in [4.78, 5) is 24.3. The van der Waals surface area contributed by atoms with Gasteiger partial charge >= 0.3 is 5.97 Å². The van der Waals surface area contributed by atoms with Gasteiger partial charge in [0.1, 0.15) is 5.69 Å². The van der Waals surface area contributed by atoms with Gasteiger partial charge in [0.15, 0.2) is 5.82 Å². The summed E-state index contributed by atoms with van der Waals surface area (Å²) in [6.07, 6.45) is 3.13. The molecule has 98 valence electrons. The van der Waals surface area contributed by atoms with E-state index in [4.69, 9.17) is 4.74 Å². The molecule has 5 nitrogen and oxygen atoms in total. The van der Waals surface area contributed by atoms with Crippen LogP contribution in [0.1, 0.15) is 23.0 Å². The predicted octanol–water partition coefficient (Wildman–Crippen LogP) is 2.79. The van der Waals surface area contributed by atoms with Gasteiger partial charge in [-0.25, -0.2) is 14.8 Å². The van der Waals surface area contributed by atoms with Gasteiger partial charge in [-0.05, 0) is 41.9 Å². The summed E-state index contributed by atoms with van der Waals surface area (Å²) in [6, 6.07) is 3.67. The molecule has 0 radical (unpaired) electrons. The van der Waals surface area contributed by atoms with Crippen LogP contribution < -0.4 is 0 Å². The van der Waals surface area contributed by atoms with Crippen molar-refractivity contribution in [1.29, 1.82) is 0 Å². The highest BCUT2D eigenvalue weighted by Gasteiger charge is 2.14. The van der Waals surface area contributed by atoms with Gasteiger partial charge in [0.25, 0.3) is 0 Å². The van der Waals surface area contributed by atoms with Gasteiger partial charge in [0, 0.05) is 16.9 Å². The Morgan fingerprint density at radius 1 is 1.42 bits per heavy atom. The maximum atomic E-state index is 11.7. The zero-order valence-electron chi connectivity index (χ0n) is 10.6. The van der Waals surface area contributed by atoms with Crippen LogP contribution >= 0.6 is 15.9 Å². The van der Waals surface area contributed by atoms with Crippen LogP contribution in [-0.4, -0.2) is 27.5 Å². The third-order valence-electron chi connectivity index (χ3n) is 2.44. The van der Waals surface area contributed by atoms with E-state index in [0.717, 1.165) is 4.47 Å². The van der Waals surface area contributed by atoms with Crippen molar-refractivity contribution in [1.82, 2.24) is 15.0 Å². The second-order valence-corrected chi connectivity index (χ2v) is 4.60. The average Bonchev–Trinajstić information content (AvgIpc) is 2.39. The van der Waals surface area contributed by atoms with E-state index in [1.54, 1.807) is 20.0 Å². The SMILES string of the molecule is CCOC(=O)c1cnc(-c2ncccc2Br)nc1C. The minimum Gasteiger partial charge on any atom is -0.462 e. The van der Waals surface area contributed by atoms with Crippen LogP contribution in [0, 0.1) is 6.92 Å². The molecule has 2 heterocycles. The number of hydrogen-bond acceptors (Lipinski definition) is 5. The zero-order chi connectivity index (χ0) is 13.8. The van der Waals surface area contributed by atoms with Crippen LogP contribution in [0.3, 0.4) is 0 Å². The van der Waals surface area contributed by atoms with Crippen molar-refractivity contribution >= 4 is 21.9 Å². The number of nitrogens with zero attached hydrogens (tertiary/aromatic N) is 3. The highest BCUT2D eigenvalue weighted by molar-refractivity contribution is 9.10. The summed E-state index contributed by atoms with van der Waals surface area (Å²) < 4.78 is 5.74. The van der Waals surface area contributed by atoms with Gasteiger partial charge in [-0.3, -0.25) is 4.98 Å². The number of esters is 1. The molecule has 0 atom stereocenters. The summed E-state index contributed by atoms with van der Waals surface area (Å²) in [5.41, 5.74) is 1.58. The molecule has 19 heavy (non-hydrogen) atoms. The number of halogens is 1. The number of aryl methyl sites for hydroxylation is 1. The minimum atomic E-state index is -0.411. The molecule has 0 saturated carbocycles. The van der Waals surface area contributed by atoms with Gasteiger partial charge < -0.3 is 4.74 Å². The number of rotatable bonds is 3. The number of ether oxygens (including phenoxy) is 1. The molecular formula is C13H12BrN3O2. The first-order chi connectivity index (χ1) is 9.13. The topological polar surface area (TPSA) is 65.0 Å². The highest BCUT2D eigenvalue weighted by atomic mass is 79.9. The highest BCUT2D eigenvalue weighted by Crippen LogP contribution is 2.23. The smallest absolute Gasteiger partial charge is 0.341 e. The lowest BCUT2D eigenvalue weighted by Gasteiger charge is -2.06. The molecule has 0 aliphatic carbocycles. The molecule has 0 N–H and O–H groups in total. The van der Waals surface area contributed by atoms with E-state index in [2.05, 4.69) is 30.9 Å². The molecule has 0 aromatic carbocycles. The molecule has 0 unspecified atom stereocenters. The fraction of sp³-hybridized carbons (Fsp3) is 0.231. The third kappa shape index (κ3) is 2.96. The van der Waals surface area contributed by atoms with Crippen molar-refractivity contribution in [3.63, 3.8) is 0 Å². The quantitative estimate of drug-likeness (QED) is 0.813. The second-order valence-electron chi connectivity index (χ2n) is 3.75. The van der Waals surface area contributed by atoms with E-state index in [9.17, 15) is 4.79 Å².